The van der Waals surface area contributed by atoms with Gasteiger partial charge in [-0.2, -0.15) is 0 Å². The molecule has 0 bridgehead atoms. The number of likely N-dealkylation sites (N-methyl/N-ethyl adjacent to an activating group) is 1. The van der Waals surface area contributed by atoms with Crippen molar-refractivity contribution in [1.29, 1.82) is 0 Å². The number of hydrogen-bond acceptors (Lipinski definition) is 3. The van der Waals surface area contributed by atoms with Crippen LogP contribution in [-0.4, -0.2) is 47.7 Å². The van der Waals surface area contributed by atoms with Gasteiger partial charge in [-0.05, 0) is 19.2 Å². The van der Waals surface area contributed by atoms with Gasteiger partial charge < -0.3 is 14.4 Å². The van der Waals surface area contributed by atoms with Crippen molar-refractivity contribution in [3.05, 3.63) is 24.5 Å². The summed E-state index contributed by atoms with van der Waals surface area (Å²) >= 11 is 0. The molecule has 2 heterocycles. The van der Waals surface area contributed by atoms with E-state index in [1.807, 2.05) is 6.33 Å². The predicted molar refractivity (Wildman–Crippen MR) is 70.4 cm³/mol. The molecule has 1 aromatic carbocycles. The number of anilines is 1. The van der Waals surface area contributed by atoms with Gasteiger partial charge in [0.25, 0.3) is 0 Å². The van der Waals surface area contributed by atoms with E-state index >= 15 is 0 Å². The minimum atomic E-state index is 1.09. The van der Waals surface area contributed by atoms with E-state index in [1.165, 1.54) is 11.2 Å². The Kier molecular flexibility index (Phi) is 2.52. The molecule has 0 radical (unpaired) electrons. The van der Waals surface area contributed by atoms with E-state index in [0.717, 1.165) is 31.7 Å². The molecule has 0 unspecified atom stereocenters. The van der Waals surface area contributed by atoms with Gasteiger partial charge in [0, 0.05) is 33.2 Å². The number of rotatable bonds is 1. The van der Waals surface area contributed by atoms with Gasteiger partial charge in [-0.1, -0.05) is 6.07 Å². The number of para-hydroxylation sites is 1. The summed E-state index contributed by atoms with van der Waals surface area (Å²) in [5.74, 6) is 0. The Morgan fingerprint density at radius 1 is 1.06 bits per heavy atom. The molecule has 0 saturated carbocycles. The first-order chi connectivity index (χ1) is 8.25. The van der Waals surface area contributed by atoms with E-state index in [4.69, 9.17) is 0 Å². The van der Waals surface area contributed by atoms with Crippen LogP contribution < -0.4 is 4.90 Å². The number of fused-ring (bicyclic) bond motifs is 1. The summed E-state index contributed by atoms with van der Waals surface area (Å²) < 4.78 is 2.11. The molecule has 0 N–H and O–H groups in total. The number of benzene rings is 1. The zero-order valence-electron chi connectivity index (χ0n) is 10.4. The van der Waals surface area contributed by atoms with Crippen LogP contribution in [0.2, 0.25) is 0 Å². The lowest BCUT2D eigenvalue weighted by molar-refractivity contribution is 0.313. The summed E-state index contributed by atoms with van der Waals surface area (Å²) in [6.07, 6.45) is 1.89. The molecule has 4 heteroatoms. The molecule has 4 nitrogen and oxygen atoms in total. The second-order valence-electron chi connectivity index (χ2n) is 4.79. The molecule has 2 aromatic rings. The molecular formula is C13H18N4. The molecular weight excluding hydrogens is 212 g/mol. The average molecular weight is 230 g/mol. The molecule has 1 aromatic heterocycles. The molecule has 17 heavy (non-hydrogen) atoms. The first-order valence-corrected chi connectivity index (χ1v) is 6.09. The monoisotopic (exact) mass is 230 g/mol. The first kappa shape index (κ1) is 10.6. The lowest BCUT2D eigenvalue weighted by atomic mass is 10.2. The van der Waals surface area contributed by atoms with Crippen LogP contribution in [0.5, 0.6) is 0 Å². The lowest BCUT2D eigenvalue weighted by Gasteiger charge is -2.34. The second kappa shape index (κ2) is 4.04. The molecule has 1 aliphatic rings. The zero-order valence-corrected chi connectivity index (χ0v) is 10.4. The maximum Gasteiger partial charge on any atom is 0.0956 e. The summed E-state index contributed by atoms with van der Waals surface area (Å²) in [6.45, 7) is 4.46. The quantitative estimate of drug-likeness (QED) is 0.738. The van der Waals surface area contributed by atoms with Gasteiger partial charge >= 0.3 is 0 Å². The highest BCUT2D eigenvalue weighted by Gasteiger charge is 2.17. The lowest BCUT2D eigenvalue weighted by Crippen LogP contribution is -2.44. The van der Waals surface area contributed by atoms with E-state index in [1.54, 1.807) is 0 Å². The van der Waals surface area contributed by atoms with Gasteiger partial charge in [-0.15, -0.1) is 0 Å². The van der Waals surface area contributed by atoms with Crippen LogP contribution >= 0.6 is 0 Å². The Labute approximate surface area is 101 Å². The number of aromatic nitrogens is 2. The minimum Gasteiger partial charge on any atom is -0.367 e. The third-order valence-corrected chi connectivity index (χ3v) is 3.56. The van der Waals surface area contributed by atoms with Crippen LogP contribution in [0, 0.1) is 0 Å². The third kappa shape index (κ3) is 1.78. The van der Waals surface area contributed by atoms with E-state index in [2.05, 4.69) is 51.6 Å². The number of aryl methyl sites for hydroxylation is 1. The fourth-order valence-electron chi connectivity index (χ4n) is 2.49. The van der Waals surface area contributed by atoms with E-state index in [-0.39, 0.29) is 0 Å². The highest BCUT2D eigenvalue weighted by atomic mass is 15.3. The largest absolute Gasteiger partial charge is 0.367 e. The molecule has 0 amide bonds. The van der Waals surface area contributed by atoms with Crippen LogP contribution in [-0.2, 0) is 7.05 Å². The highest BCUT2D eigenvalue weighted by molar-refractivity contribution is 5.89. The van der Waals surface area contributed by atoms with E-state index < -0.39 is 0 Å². The topological polar surface area (TPSA) is 24.3 Å². The molecule has 0 atom stereocenters. The molecule has 1 aliphatic heterocycles. The van der Waals surface area contributed by atoms with Crippen molar-refractivity contribution in [2.24, 2.45) is 7.05 Å². The Hall–Kier alpha value is -1.55. The van der Waals surface area contributed by atoms with Crippen LogP contribution in [0.1, 0.15) is 0 Å². The maximum absolute atomic E-state index is 4.41. The Balaban J connectivity index is 2.02. The summed E-state index contributed by atoms with van der Waals surface area (Å²) in [7, 11) is 4.25. The fraction of sp³-hybridized carbons (Fsp3) is 0.462. The van der Waals surface area contributed by atoms with Gasteiger partial charge in [0.05, 0.1) is 23.0 Å². The van der Waals surface area contributed by atoms with Crippen molar-refractivity contribution in [2.75, 3.05) is 38.1 Å². The summed E-state index contributed by atoms with van der Waals surface area (Å²) in [6, 6.07) is 6.38. The first-order valence-electron chi connectivity index (χ1n) is 6.09. The van der Waals surface area contributed by atoms with Crippen molar-refractivity contribution >= 4 is 16.7 Å². The van der Waals surface area contributed by atoms with Gasteiger partial charge in [-0.25, -0.2) is 4.98 Å². The van der Waals surface area contributed by atoms with Gasteiger partial charge in [0.15, 0.2) is 0 Å². The number of hydrogen-bond donors (Lipinski definition) is 0. The third-order valence-electron chi connectivity index (χ3n) is 3.56. The summed E-state index contributed by atoms with van der Waals surface area (Å²) in [5.41, 5.74) is 3.65. The Bertz CT molecular complexity index is 523. The average Bonchev–Trinajstić information content (AvgIpc) is 2.73. The van der Waals surface area contributed by atoms with E-state index in [0.29, 0.717) is 0 Å². The van der Waals surface area contributed by atoms with Gasteiger partial charge in [0.2, 0.25) is 0 Å². The number of imidazole rings is 1. The maximum atomic E-state index is 4.41. The van der Waals surface area contributed by atoms with Crippen molar-refractivity contribution in [1.82, 2.24) is 14.5 Å². The predicted octanol–water partition coefficient (Wildman–Crippen LogP) is 1.33. The molecule has 3 rings (SSSR count). The zero-order chi connectivity index (χ0) is 11.8. The minimum absolute atomic E-state index is 1.09. The Morgan fingerprint density at radius 2 is 1.82 bits per heavy atom. The van der Waals surface area contributed by atoms with Crippen LogP contribution in [0.4, 0.5) is 5.69 Å². The fourth-order valence-corrected chi connectivity index (χ4v) is 2.49. The second-order valence-corrected chi connectivity index (χ2v) is 4.79. The van der Waals surface area contributed by atoms with Crippen LogP contribution in [0.15, 0.2) is 24.5 Å². The van der Waals surface area contributed by atoms with Crippen LogP contribution in [0.3, 0.4) is 0 Å². The summed E-state index contributed by atoms with van der Waals surface area (Å²) in [5, 5.41) is 0. The van der Waals surface area contributed by atoms with E-state index in [9.17, 15) is 0 Å². The van der Waals surface area contributed by atoms with Crippen molar-refractivity contribution in [2.45, 2.75) is 0 Å². The van der Waals surface area contributed by atoms with Crippen molar-refractivity contribution < 1.29 is 0 Å². The summed E-state index contributed by atoms with van der Waals surface area (Å²) in [4.78, 5) is 9.25. The smallest absolute Gasteiger partial charge is 0.0956 e. The molecule has 0 aliphatic carbocycles. The normalized spacial score (nSPS) is 17.9. The molecule has 1 saturated heterocycles. The van der Waals surface area contributed by atoms with Crippen molar-refractivity contribution in [3.63, 3.8) is 0 Å². The SMILES string of the molecule is CN1CCN(c2cccc3ncn(C)c23)CC1. The van der Waals surface area contributed by atoms with Crippen LogP contribution in [0.25, 0.3) is 11.0 Å². The Morgan fingerprint density at radius 3 is 2.59 bits per heavy atom. The van der Waals surface area contributed by atoms with Gasteiger partial charge in [0.1, 0.15) is 0 Å². The van der Waals surface area contributed by atoms with Crippen molar-refractivity contribution in [3.8, 4) is 0 Å². The number of nitrogens with zero attached hydrogens (tertiary/aromatic N) is 4. The standard InChI is InChI=1S/C13H18N4/c1-15-6-8-17(9-7-15)12-5-3-4-11-13(12)16(2)10-14-11/h3-5,10H,6-9H2,1-2H3. The number of piperazine rings is 1. The molecule has 0 spiro atoms. The van der Waals surface area contributed by atoms with Gasteiger partial charge in [-0.3, -0.25) is 0 Å². The molecule has 1 fully saturated rings. The molecule has 90 valence electrons. The highest BCUT2D eigenvalue weighted by Crippen LogP contribution is 2.26.